The quantitative estimate of drug-likeness (QED) is 0.543. The van der Waals surface area contributed by atoms with Crippen molar-refractivity contribution in [1.29, 1.82) is 0 Å². The molecule has 6 nitrogen and oxygen atoms in total. The van der Waals surface area contributed by atoms with Gasteiger partial charge >= 0.3 is 11.9 Å². The Morgan fingerprint density at radius 2 is 1.11 bits per heavy atom. The molecule has 0 aromatic carbocycles. The second-order valence-corrected chi connectivity index (χ2v) is 4.55. The number of hydrogen-bond donors (Lipinski definition) is 0. The first kappa shape index (κ1) is 16.9. The topological polar surface area (TPSA) is 59.1 Å². The highest BCUT2D eigenvalue weighted by Gasteiger charge is 2.09. The van der Waals surface area contributed by atoms with Gasteiger partial charge in [0.25, 0.3) is 0 Å². The molecule has 0 aromatic heterocycles. The summed E-state index contributed by atoms with van der Waals surface area (Å²) in [5.74, 6) is -0.720. The number of esters is 2. The number of likely N-dealkylation sites (N-methyl/N-ethyl adjacent to an activating group) is 2. The van der Waals surface area contributed by atoms with Crippen LogP contribution in [0, 0.1) is 0 Å². The molecule has 106 valence electrons. The van der Waals surface area contributed by atoms with Crippen LogP contribution in [-0.2, 0) is 19.1 Å². The van der Waals surface area contributed by atoms with Gasteiger partial charge in [-0.25, -0.2) is 0 Å². The molecule has 0 aliphatic carbocycles. The van der Waals surface area contributed by atoms with Gasteiger partial charge in [-0.2, -0.15) is 0 Å². The van der Waals surface area contributed by atoms with Crippen molar-refractivity contribution in [2.24, 2.45) is 0 Å². The first-order valence-electron chi connectivity index (χ1n) is 6.02. The average Bonchev–Trinajstić information content (AvgIpc) is 2.25. The lowest BCUT2D eigenvalue weighted by Gasteiger charge is -2.10. The molecule has 0 saturated carbocycles. The van der Waals surface area contributed by atoms with E-state index < -0.39 is 0 Å². The minimum Gasteiger partial charge on any atom is -0.464 e. The van der Waals surface area contributed by atoms with Crippen LogP contribution in [0.5, 0.6) is 0 Å². The van der Waals surface area contributed by atoms with Crippen LogP contribution >= 0.6 is 0 Å². The molecule has 0 aliphatic heterocycles. The maximum absolute atomic E-state index is 11.3. The van der Waals surface area contributed by atoms with E-state index in [1.54, 1.807) is 0 Å². The zero-order valence-corrected chi connectivity index (χ0v) is 11.8. The summed E-state index contributed by atoms with van der Waals surface area (Å²) in [7, 11) is 7.60. The van der Waals surface area contributed by atoms with E-state index in [0.717, 1.165) is 0 Å². The van der Waals surface area contributed by atoms with Crippen LogP contribution in [0.4, 0.5) is 0 Å². The Morgan fingerprint density at radius 1 is 0.778 bits per heavy atom. The van der Waals surface area contributed by atoms with Crippen molar-refractivity contribution in [2.45, 2.75) is 12.8 Å². The molecule has 0 aromatic rings. The van der Waals surface area contributed by atoms with E-state index in [1.807, 2.05) is 38.0 Å². The van der Waals surface area contributed by atoms with Gasteiger partial charge in [-0.05, 0) is 28.2 Å². The molecule has 0 spiro atoms. The maximum atomic E-state index is 11.3. The molecule has 0 rings (SSSR count). The van der Waals surface area contributed by atoms with Crippen LogP contribution in [-0.4, -0.2) is 76.2 Å². The molecule has 0 N–H and O–H groups in total. The predicted molar refractivity (Wildman–Crippen MR) is 68.3 cm³/mol. The van der Waals surface area contributed by atoms with Crippen molar-refractivity contribution in [3.05, 3.63) is 0 Å². The molecule has 0 unspecified atom stereocenters. The highest BCUT2D eigenvalue weighted by atomic mass is 16.5. The number of rotatable bonds is 9. The van der Waals surface area contributed by atoms with Gasteiger partial charge in [0, 0.05) is 13.1 Å². The largest absolute Gasteiger partial charge is 0.464 e. The van der Waals surface area contributed by atoms with Gasteiger partial charge in [-0.15, -0.1) is 0 Å². The van der Waals surface area contributed by atoms with Gasteiger partial charge in [0.1, 0.15) is 13.2 Å². The van der Waals surface area contributed by atoms with E-state index >= 15 is 0 Å². The summed E-state index contributed by atoms with van der Waals surface area (Å²) in [5.41, 5.74) is 0. The first-order valence-corrected chi connectivity index (χ1v) is 6.02. The second kappa shape index (κ2) is 9.85. The molecule has 0 heterocycles. The minimum absolute atomic E-state index is 0.0776. The number of carbonyl (C=O) groups is 2. The fourth-order valence-electron chi connectivity index (χ4n) is 1.03. The SMILES string of the molecule is CN(C)CCOC(=O)CCC(=O)OCCN(C)C. The van der Waals surface area contributed by atoms with Gasteiger partial charge in [-0.3, -0.25) is 9.59 Å². The van der Waals surface area contributed by atoms with Crippen LogP contribution in [0.3, 0.4) is 0 Å². The lowest BCUT2D eigenvalue weighted by atomic mass is 10.3. The van der Waals surface area contributed by atoms with Crippen LogP contribution < -0.4 is 0 Å². The van der Waals surface area contributed by atoms with E-state index in [0.29, 0.717) is 26.3 Å². The summed E-state index contributed by atoms with van der Waals surface area (Å²) < 4.78 is 9.90. The van der Waals surface area contributed by atoms with E-state index in [1.165, 1.54) is 0 Å². The van der Waals surface area contributed by atoms with Gasteiger partial charge in [-0.1, -0.05) is 0 Å². The van der Waals surface area contributed by atoms with Crippen LogP contribution in [0.2, 0.25) is 0 Å². The molecule has 18 heavy (non-hydrogen) atoms. The van der Waals surface area contributed by atoms with Crippen molar-refractivity contribution < 1.29 is 19.1 Å². The van der Waals surface area contributed by atoms with Crippen LogP contribution in [0.1, 0.15) is 12.8 Å². The normalized spacial score (nSPS) is 10.8. The summed E-state index contributed by atoms with van der Waals surface area (Å²) in [6.07, 6.45) is 0.155. The molecular weight excluding hydrogens is 236 g/mol. The second-order valence-electron chi connectivity index (χ2n) is 4.55. The summed E-state index contributed by atoms with van der Waals surface area (Å²) in [6.45, 7) is 2.06. The Balaban J connectivity index is 3.50. The van der Waals surface area contributed by atoms with E-state index in [9.17, 15) is 9.59 Å². The molecule has 0 fully saturated rings. The first-order chi connectivity index (χ1) is 8.41. The molecule has 0 bridgehead atoms. The van der Waals surface area contributed by atoms with Gasteiger partial charge in [0.2, 0.25) is 0 Å². The molecular formula is C12H24N2O4. The molecule has 0 saturated heterocycles. The monoisotopic (exact) mass is 260 g/mol. The highest BCUT2D eigenvalue weighted by Crippen LogP contribution is 1.96. The Hall–Kier alpha value is -1.14. The molecule has 0 radical (unpaired) electrons. The van der Waals surface area contributed by atoms with Crippen LogP contribution in [0.25, 0.3) is 0 Å². The lowest BCUT2D eigenvalue weighted by molar-refractivity contribution is -0.150. The predicted octanol–water partition coefficient (Wildman–Crippen LogP) is -0.0238. The fraction of sp³-hybridized carbons (Fsp3) is 0.833. The third kappa shape index (κ3) is 11.3. The Bertz CT molecular complexity index is 228. The molecule has 0 aliphatic rings. The van der Waals surface area contributed by atoms with Crippen molar-refractivity contribution in [1.82, 2.24) is 9.80 Å². The average molecular weight is 260 g/mol. The van der Waals surface area contributed by atoms with Crippen molar-refractivity contribution >= 4 is 11.9 Å². The molecule has 6 heteroatoms. The number of ether oxygens (including phenoxy) is 2. The van der Waals surface area contributed by atoms with Gasteiger partial charge < -0.3 is 19.3 Å². The zero-order valence-electron chi connectivity index (χ0n) is 11.8. The van der Waals surface area contributed by atoms with Crippen molar-refractivity contribution in [2.75, 3.05) is 54.5 Å². The fourth-order valence-corrected chi connectivity index (χ4v) is 1.03. The van der Waals surface area contributed by atoms with Gasteiger partial charge in [0.15, 0.2) is 0 Å². The van der Waals surface area contributed by atoms with E-state index in [2.05, 4.69) is 0 Å². The third-order valence-corrected chi connectivity index (χ3v) is 2.14. The molecule has 0 atom stereocenters. The summed E-state index contributed by atoms with van der Waals surface area (Å²) in [4.78, 5) is 26.3. The van der Waals surface area contributed by atoms with Crippen molar-refractivity contribution in [3.8, 4) is 0 Å². The third-order valence-electron chi connectivity index (χ3n) is 2.14. The Kier molecular flexibility index (Phi) is 9.22. The minimum atomic E-state index is -0.360. The molecule has 0 amide bonds. The summed E-state index contributed by atoms with van der Waals surface area (Å²) >= 11 is 0. The van der Waals surface area contributed by atoms with Crippen molar-refractivity contribution in [3.63, 3.8) is 0 Å². The van der Waals surface area contributed by atoms with Crippen LogP contribution in [0.15, 0.2) is 0 Å². The zero-order chi connectivity index (χ0) is 14.0. The van der Waals surface area contributed by atoms with E-state index in [4.69, 9.17) is 9.47 Å². The summed E-state index contributed by atoms with van der Waals surface area (Å²) in [5, 5.41) is 0. The van der Waals surface area contributed by atoms with Gasteiger partial charge in [0.05, 0.1) is 12.8 Å². The summed E-state index contributed by atoms with van der Waals surface area (Å²) in [6, 6.07) is 0. The highest BCUT2D eigenvalue weighted by molar-refractivity contribution is 5.77. The Labute approximate surface area is 109 Å². The smallest absolute Gasteiger partial charge is 0.306 e. The Morgan fingerprint density at radius 3 is 1.39 bits per heavy atom. The number of nitrogens with zero attached hydrogens (tertiary/aromatic N) is 2. The standard InChI is InChI=1S/C12H24N2O4/c1-13(2)7-9-17-11(15)5-6-12(16)18-10-8-14(3)4/h5-10H2,1-4H3. The number of carbonyl (C=O) groups excluding carboxylic acids is 2. The van der Waals surface area contributed by atoms with E-state index in [-0.39, 0.29) is 24.8 Å². The lowest BCUT2D eigenvalue weighted by Crippen LogP contribution is -2.21. The number of hydrogen-bond acceptors (Lipinski definition) is 6. The maximum Gasteiger partial charge on any atom is 0.306 e.